The molecule has 2 N–H and O–H groups in total. The first-order chi connectivity index (χ1) is 14.5. The first-order valence-corrected chi connectivity index (χ1v) is 9.63. The Morgan fingerprint density at radius 2 is 1.70 bits per heavy atom. The minimum absolute atomic E-state index is 0.339. The van der Waals surface area contributed by atoms with Gasteiger partial charge in [-0.05, 0) is 30.7 Å². The second-order valence-electron chi connectivity index (χ2n) is 7.18. The molecule has 0 saturated carbocycles. The van der Waals surface area contributed by atoms with Gasteiger partial charge in [-0.1, -0.05) is 60.7 Å². The highest BCUT2D eigenvalue weighted by Crippen LogP contribution is 2.30. The summed E-state index contributed by atoms with van der Waals surface area (Å²) in [5.74, 6) is -0.339. The fraction of sp³-hybridized carbons (Fsp3) is 0.125. The highest BCUT2D eigenvalue weighted by Gasteiger charge is 2.36. The van der Waals surface area contributed by atoms with Crippen LogP contribution in [0.4, 0.5) is 16.2 Å². The maximum absolute atomic E-state index is 13.5. The number of hydrogen-bond acceptors (Lipinski definition) is 3. The summed E-state index contributed by atoms with van der Waals surface area (Å²) in [5, 5.41) is 0. The topological polar surface area (TPSA) is 79.0 Å². The quantitative estimate of drug-likeness (QED) is 0.730. The largest absolute Gasteiger partial charge is 0.351 e. The third-order valence-electron chi connectivity index (χ3n) is 5.13. The standard InChI is InChI=1S/C24H22N4O2/c1-16-9-8-12-18(15-16)28(24(25)30)22-23(29)27(2)20-14-7-6-13-19(20)21(26-22)17-10-4-3-5-11-17/h3-15,22H,1-2H3,(H2,25,30)/t22-/m1/s1. The molecular weight excluding hydrogens is 376 g/mol. The van der Waals surface area contributed by atoms with E-state index in [1.165, 1.54) is 9.80 Å². The van der Waals surface area contributed by atoms with Crippen molar-refractivity contribution in [3.8, 4) is 0 Å². The SMILES string of the molecule is Cc1cccc(N(C(N)=O)[C@H]2N=C(c3ccccc3)c3ccccc3N(C)C2=O)c1. The number of fused-ring (bicyclic) bond motifs is 1. The molecule has 0 aromatic heterocycles. The minimum Gasteiger partial charge on any atom is -0.351 e. The van der Waals surface area contributed by atoms with Crippen molar-refractivity contribution >= 4 is 29.0 Å². The number of nitrogens with two attached hydrogens (primary N) is 1. The fourth-order valence-corrected chi connectivity index (χ4v) is 3.67. The summed E-state index contributed by atoms with van der Waals surface area (Å²) in [6, 6.07) is 23.8. The number of amides is 3. The average molecular weight is 398 g/mol. The number of benzene rings is 3. The van der Waals surface area contributed by atoms with Gasteiger partial charge < -0.3 is 10.6 Å². The number of aryl methyl sites for hydroxylation is 1. The summed E-state index contributed by atoms with van der Waals surface area (Å²) in [6.07, 6.45) is -1.13. The molecule has 0 unspecified atom stereocenters. The van der Waals surface area contributed by atoms with Gasteiger partial charge in [-0.3, -0.25) is 9.69 Å². The molecule has 30 heavy (non-hydrogen) atoms. The molecule has 1 aliphatic heterocycles. The lowest BCUT2D eigenvalue weighted by Crippen LogP contribution is -2.51. The Morgan fingerprint density at radius 1 is 1.00 bits per heavy atom. The van der Waals surface area contributed by atoms with E-state index in [4.69, 9.17) is 10.7 Å². The number of nitrogens with zero attached hydrogens (tertiary/aromatic N) is 3. The number of hydrogen-bond donors (Lipinski definition) is 1. The zero-order chi connectivity index (χ0) is 21.3. The van der Waals surface area contributed by atoms with Gasteiger partial charge in [0.1, 0.15) is 0 Å². The predicted molar refractivity (Wildman–Crippen MR) is 119 cm³/mol. The Balaban J connectivity index is 1.95. The smallest absolute Gasteiger partial charge is 0.321 e. The van der Waals surface area contributed by atoms with Crippen LogP contribution in [0.1, 0.15) is 16.7 Å². The molecular formula is C24H22N4O2. The van der Waals surface area contributed by atoms with Crippen LogP contribution >= 0.6 is 0 Å². The van der Waals surface area contributed by atoms with Crippen molar-refractivity contribution < 1.29 is 9.59 Å². The van der Waals surface area contributed by atoms with Crippen molar-refractivity contribution in [1.82, 2.24) is 0 Å². The van der Waals surface area contributed by atoms with E-state index in [9.17, 15) is 9.59 Å². The van der Waals surface area contributed by atoms with Gasteiger partial charge in [-0.2, -0.15) is 0 Å². The van der Waals surface area contributed by atoms with Gasteiger partial charge in [0.05, 0.1) is 11.4 Å². The van der Waals surface area contributed by atoms with Crippen LogP contribution in [0.2, 0.25) is 0 Å². The van der Waals surface area contributed by atoms with E-state index < -0.39 is 12.2 Å². The summed E-state index contributed by atoms with van der Waals surface area (Å²) in [4.78, 5) is 33.5. The summed E-state index contributed by atoms with van der Waals surface area (Å²) < 4.78 is 0. The fourth-order valence-electron chi connectivity index (χ4n) is 3.67. The van der Waals surface area contributed by atoms with Crippen molar-refractivity contribution in [2.75, 3.05) is 16.8 Å². The summed E-state index contributed by atoms with van der Waals surface area (Å²) >= 11 is 0. The van der Waals surface area contributed by atoms with E-state index in [1.54, 1.807) is 13.1 Å². The Labute approximate surface area is 175 Å². The van der Waals surface area contributed by atoms with E-state index >= 15 is 0 Å². The molecule has 1 atom stereocenters. The number of primary amides is 1. The Bertz CT molecular complexity index is 1140. The lowest BCUT2D eigenvalue weighted by atomic mass is 10.0. The molecule has 3 aromatic rings. The Hall–Kier alpha value is -3.93. The van der Waals surface area contributed by atoms with Gasteiger partial charge in [-0.25, -0.2) is 9.79 Å². The number of carbonyl (C=O) groups is 2. The predicted octanol–water partition coefficient (Wildman–Crippen LogP) is 3.72. The van der Waals surface area contributed by atoms with Crippen LogP contribution in [0.3, 0.4) is 0 Å². The normalized spacial score (nSPS) is 15.8. The molecule has 3 aromatic carbocycles. The summed E-state index contributed by atoms with van der Waals surface area (Å²) in [5.41, 5.74) is 10.2. The number of carbonyl (C=O) groups excluding carboxylic acids is 2. The van der Waals surface area contributed by atoms with Crippen LogP contribution in [-0.4, -0.2) is 30.9 Å². The van der Waals surface area contributed by atoms with E-state index in [-0.39, 0.29) is 5.91 Å². The van der Waals surface area contributed by atoms with Gasteiger partial charge >= 0.3 is 6.03 Å². The lowest BCUT2D eigenvalue weighted by molar-refractivity contribution is -0.119. The zero-order valence-electron chi connectivity index (χ0n) is 16.8. The molecule has 150 valence electrons. The van der Waals surface area contributed by atoms with Gasteiger partial charge in [0.2, 0.25) is 6.17 Å². The van der Waals surface area contributed by atoms with Gasteiger partial charge in [-0.15, -0.1) is 0 Å². The lowest BCUT2D eigenvalue weighted by Gasteiger charge is -2.29. The van der Waals surface area contributed by atoms with Crippen LogP contribution in [0, 0.1) is 6.92 Å². The number of likely N-dealkylation sites (N-methyl/N-ethyl adjacent to an activating group) is 1. The van der Waals surface area contributed by atoms with Crippen LogP contribution < -0.4 is 15.5 Å². The second kappa shape index (κ2) is 7.83. The number of para-hydroxylation sites is 1. The molecule has 3 amide bonds. The second-order valence-corrected chi connectivity index (χ2v) is 7.18. The molecule has 0 aliphatic carbocycles. The Morgan fingerprint density at radius 3 is 2.40 bits per heavy atom. The molecule has 6 heteroatoms. The number of benzodiazepines with no additional fused rings is 1. The molecule has 1 heterocycles. The number of anilines is 2. The molecule has 0 saturated heterocycles. The molecule has 1 aliphatic rings. The van der Waals surface area contributed by atoms with Gasteiger partial charge in [0, 0.05) is 23.9 Å². The Kier molecular flexibility index (Phi) is 5.06. The first-order valence-electron chi connectivity index (χ1n) is 9.63. The highest BCUT2D eigenvalue weighted by atomic mass is 16.2. The third kappa shape index (κ3) is 3.43. The number of aliphatic imine (C=N–C) groups is 1. The van der Waals surface area contributed by atoms with Crippen molar-refractivity contribution in [1.29, 1.82) is 0 Å². The third-order valence-corrected chi connectivity index (χ3v) is 5.13. The van der Waals surface area contributed by atoms with Crippen molar-refractivity contribution in [2.45, 2.75) is 13.1 Å². The van der Waals surface area contributed by atoms with Crippen molar-refractivity contribution in [3.63, 3.8) is 0 Å². The molecule has 4 rings (SSSR count). The van der Waals surface area contributed by atoms with Crippen LogP contribution in [0.5, 0.6) is 0 Å². The monoisotopic (exact) mass is 398 g/mol. The average Bonchev–Trinajstić information content (AvgIpc) is 2.85. The molecule has 0 bridgehead atoms. The van der Waals surface area contributed by atoms with E-state index in [0.717, 1.165) is 22.4 Å². The van der Waals surface area contributed by atoms with E-state index in [0.29, 0.717) is 11.4 Å². The van der Waals surface area contributed by atoms with Crippen molar-refractivity contribution in [3.05, 3.63) is 95.6 Å². The summed E-state index contributed by atoms with van der Waals surface area (Å²) in [6.45, 7) is 1.91. The number of rotatable bonds is 3. The van der Waals surface area contributed by atoms with Crippen LogP contribution in [0.25, 0.3) is 0 Å². The highest BCUT2D eigenvalue weighted by molar-refractivity contribution is 6.21. The first kappa shape index (κ1) is 19.4. The minimum atomic E-state index is -1.13. The van der Waals surface area contributed by atoms with Gasteiger partial charge in [0.25, 0.3) is 5.91 Å². The summed E-state index contributed by atoms with van der Waals surface area (Å²) in [7, 11) is 1.69. The molecule has 0 radical (unpaired) electrons. The molecule has 0 fully saturated rings. The number of urea groups is 1. The molecule has 6 nitrogen and oxygen atoms in total. The van der Waals surface area contributed by atoms with E-state index in [1.807, 2.05) is 79.7 Å². The molecule has 0 spiro atoms. The maximum Gasteiger partial charge on any atom is 0.321 e. The van der Waals surface area contributed by atoms with Gasteiger partial charge in [0.15, 0.2) is 0 Å². The van der Waals surface area contributed by atoms with Crippen LogP contribution in [0.15, 0.2) is 83.9 Å². The van der Waals surface area contributed by atoms with Crippen molar-refractivity contribution in [2.24, 2.45) is 10.7 Å². The van der Waals surface area contributed by atoms with E-state index in [2.05, 4.69) is 0 Å². The van der Waals surface area contributed by atoms with Crippen LogP contribution in [-0.2, 0) is 4.79 Å². The zero-order valence-corrected chi connectivity index (χ0v) is 16.8. The maximum atomic E-state index is 13.5.